The number of nitrogens with two attached hydrogens (primary N) is 1. The molecular weight excluding hydrogens is 324 g/mol. The van der Waals surface area contributed by atoms with Gasteiger partial charge in [-0.25, -0.2) is 0 Å². The monoisotopic (exact) mass is 342 g/mol. The molecule has 2 N–H and O–H groups in total. The number of rotatable bonds is 7. The Kier molecular flexibility index (Phi) is 5.19. The summed E-state index contributed by atoms with van der Waals surface area (Å²) in [5.41, 5.74) is 7.62. The summed E-state index contributed by atoms with van der Waals surface area (Å²) >= 11 is 8.53. The first-order valence-electron chi connectivity index (χ1n) is 6.46. The van der Waals surface area contributed by atoms with Gasteiger partial charge in [-0.1, -0.05) is 12.2 Å². The zero-order chi connectivity index (χ0) is 13.8. The van der Waals surface area contributed by atoms with E-state index in [-0.39, 0.29) is 0 Å². The Morgan fingerprint density at radius 2 is 2.26 bits per heavy atom. The van der Waals surface area contributed by atoms with Gasteiger partial charge in [0.25, 0.3) is 0 Å². The molecule has 1 aliphatic rings. The lowest BCUT2D eigenvalue weighted by Gasteiger charge is -2.21. The smallest absolute Gasteiger partial charge is 0.104 e. The van der Waals surface area contributed by atoms with Crippen molar-refractivity contribution in [3.05, 3.63) is 28.2 Å². The average molecular weight is 343 g/mol. The largest absolute Gasteiger partial charge is 0.389 e. The molecule has 1 aliphatic carbocycles. The Morgan fingerprint density at radius 3 is 2.84 bits per heavy atom. The summed E-state index contributed by atoms with van der Waals surface area (Å²) in [6, 6.07) is 5.93. The molecule has 1 aromatic carbocycles. The molecule has 1 aromatic rings. The second kappa shape index (κ2) is 6.68. The van der Waals surface area contributed by atoms with E-state index in [0.717, 1.165) is 41.4 Å². The third-order valence-electron chi connectivity index (χ3n) is 3.26. The number of ether oxygens (including phenoxy) is 1. The number of thiocarbonyl (C=S) groups is 1. The highest BCUT2D eigenvalue weighted by Crippen LogP contribution is 2.29. The van der Waals surface area contributed by atoms with Crippen molar-refractivity contribution in [1.82, 2.24) is 0 Å². The van der Waals surface area contributed by atoms with Gasteiger partial charge in [-0.2, -0.15) is 0 Å². The number of nitrogens with zero attached hydrogens (tertiary/aromatic N) is 1. The quantitative estimate of drug-likeness (QED) is 0.610. The van der Waals surface area contributed by atoms with Gasteiger partial charge in [0, 0.05) is 30.2 Å². The minimum atomic E-state index is 0.419. The van der Waals surface area contributed by atoms with Crippen LogP contribution in [0.25, 0.3) is 0 Å². The molecule has 5 heteroatoms. The van der Waals surface area contributed by atoms with E-state index in [1.54, 1.807) is 0 Å². The zero-order valence-corrected chi connectivity index (χ0v) is 13.5. The molecule has 0 unspecified atom stereocenters. The summed E-state index contributed by atoms with van der Waals surface area (Å²) in [7, 11) is 2.06. The zero-order valence-electron chi connectivity index (χ0n) is 11.1. The van der Waals surface area contributed by atoms with Gasteiger partial charge in [-0.05, 0) is 52.9 Å². The Hall–Kier alpha value is -0.650. The van der Waals surface area contributed by atoms with Crippen LogP contribution in [0.1, 0.15) is 18.4 Å². The van der Waals surface area contributed by atoms with Crippen LogP contribution in [0.3, 0.4) is 0 Å². The fraction of sp³-hybridized carbons (Fsp3) is 0.500. The highest BCUT2D eigenvalue weighted by Gasteiger charge is 2.21. The van der Waals surface area contributed by atoms with E-state index in [1.807, 2.05) is 18.2 Å². The summed E-state index contributed by atoms with van der Waals surface area (Å²) in [5, 5.41) is 0. The fourth-order valence-electron chi connectivity index (χ4n) is 1.83. The SMILES string of the molecule is CN(CCOCC1CC1)c1ccc(C(N)=S)cc1Br. The van der Waals surface area contributed by atoms with E-state index in [1.165, 1.54) is 12.8 Å². The van der Waals surface area contributed by atoms with Crippen molar-refractivity contribution < 1.29 is 4.74 Å². The lowest BCUT2D eigenvalue weighted by Crippen LogP contribution is -2.23. The molecule has 0 bridgehead atoms. The Balaban J connectivity index is 1.86. The van der Waals surface area contributed by atoms with Gasteiger partial charge in [0.05, 0.1) is 12.3 Å². The number of halogens is 1. The summed E-state index contributed by atoms with van der Waals surface area (Å²) in [5.74, 6) is 0.821. The van der Waals surface area contributed by atoms with Crippen molar-refractivity contribution in [2.45, 2.75) is 12.8 Å². The van der Waals surface area contributed by atoms with Gasteiger partial charge in [0.1, 0.15) is 4.99 Å². The predicted octanol–water partition coefficient (Wildman–Crippen LogP) is 2.95. The third-order valence-corrected chi connectivity index (χ3v) is 4.14. The van der Waals surface area contributed by atoms with E-state index < -0.39 is 0 Å². The lowest BCUT2D eigenvalue weighted by molar-refractivity contribution is 0.131. The first-order chi connectivity index (χ1) is 9.08. The Morgan fingerprint density at radius 1 is 1.53 bits per heavy atom. The summed E-state index contributed by atoms with van der Waals surface area (Å²) in [6.45, 7) is 2.55. The summed E-state index contributed by atoms with van der Waals surface area (Å²) in [6.07, 6.45) is 2.67. The molecule has 2 rings (SSSR count). The summed E-state index contributed by atoms with van der Waals surface area (Å²) in [4.78, 5) is 2.59. The van der Waals surface area contributed by atoms with E-state index in [2.05, 4.69) is 27.9 Å². The predicted molar refractivity (Wildman–Crippen MR) is 86.8 cm³/mol. The second-order valence-electron chi connectivity index (χ2n) is 4.97. The van der Waals surface area contributed by atoms with Crippen LogP contribution in [-0.4, -0.2) is 31.8 Å². The normalized spacial score (nSPS) is 14.4. The van der Waals surface area contributed by atoms with Crippen LogP contribution in [0.2, 0.25) is 0 Å². The maximum Gasteiger partial charge on any atom is 0.104 e. The molecule has 3 nitrogen and oxygen atoms in total. The van der Waals surface area contributed by atoms with Crippen LogP contribution in [-0.2, 0) is 4.74 Å². The lowest BCUT2D eigenvalue weighted by atomic mass is 10.2. The molecule has 0 aliphatic heterocycles. The number of benzene rings is 1. The number of anilines is 1. The molecule has 19 heavy (non-hydrogen) atoms. The first kappa shape index (κ1) is 14.8. The van der Waals surface area contributed by atoms with Crippen LogP contribution >= 0.6 is 28.1 Å². The van der Waals surface area contributed by atoms with E-state index in [4.69, 9.17) is 22.7 Å². The molecule has 104 valence electrons. The van der Waals surface area contributed by atoms with Gasteiger partial charge >= 0.3 is 0 Å². The maximum atomic E-state index is 5.65. The van der Waals surface area contributed by atoms with Gasteiger partial charge in [-0.3, -0.25) is 0 Å². The van der Waals surface area contributed by atoms with Crippen LogP contribution in [0.4, 0.5) is 5.69 Å². The van der Waals surface area contributed by atoms with Crippen molar-refractivity contribution >= 4 is 38.8 Å². The number of hydrogen-bond acceptors (Lipinski definition) is 3. The topological polar surface area (TPSA) is 38.5 Å². The highest BCUT2D eigenvalue weighted by atomic mass is 79.9. The van der Waals surface area contributed by atoms with Gasteiger partial charge in [0.2, 0.25) is 0 Å². The highest BCUT2D eigenvalue weighted by molar-refractivity contribution is 9.10. The summed E-state index contributed by atoms with van der Waals surface area (Å²) < 4.78 is 6.66. The molecule has 0 heterocycles. The fourth-order valence-corrected chi connectivity index (χ4v) is 2.63. The number of likely N-dealkylation sites (N-methyl/N-ethyl adjacent to an activating group) is 1. The van der Waals surface area contributed by atoms with Crippen LogP contribution < -0.4 is 10.6 Å². The van der Waals surface area contributed by atoms with Crippen molar-refractivity contribution in [3.63, 3.8) is 0 Å². The standard InChI is InChI=1S/C14H19BrN2OS/c1-17(6-7-18-9-10-2-3-10)13-5-4-11(14(16)19)8-12(13)15/h4-5,8,10H,2-3,6-7,9H2,1H3,(H2,16,19). The van der Waals surface area contributed by atoms with E-state index >= 15 is 0 Å². The van der Waals surface area contributed by atoms with Crippen molar-refractivity contribution in [2.24, 2.45) is 11.7 Å². The van der Waals surface area contributed by atoms with Gasteiger partial charge in [0.15, 0.2) is 0 Å². The minimum absolute atomic E-state index is 0.419. The van der Waals surface area contributed by atoms with Crippen LogP contribution in [0.5, 0.6) is 0 Å². The van der Waals surface area contributed by atoms with E-state index in [0.29, 0.717) is 4.99 Å². The maximum absolute atomic E-state index is 5.65. The van der Waals surface area contributed by atoms with Crippen LogP contribution in [0.15, 0.2) is 22.7 Å². The van der Waals surface area contributed by atoms with Gasteiger partial charge in [-0.15, -0.1) is 0 Å². The molecule has 0 aromatic heterocycles. The van der Waals surface area contributed by atoms with Crippen molar-refractivity contribution in [1.29, 1.82) is 0 Å². The Bertz CT molecular complexity index is 463. The van der Waals surface area contributed by atoms with Crippen LogP contribution in [0, 0.1) is 5.92 Å². The molecule has 1 fully saturated rings. The molecule has 0 amide bonds. The Labute approximate surface area is 128 Å². The molecule has 0 spiro atoms. The average Bonchev–Trinajstić information content (AvgIpc) is 3.18. The third kappa shape index (κ3) is 4.44. The molecule has 0 saturated heterocycles. The molecule has 0 atom stereocenters. The second-order valence-corrected chi connectivity index (χ2v) is 6.26. The molecule has 1 saturated carbocycles. The molecular formula is C14H19BrN2OS. The number of hydrogen-bond donors (Lipinski definition) is 1. The van der Waals surface area contributed by atoms with Crippen molar-refractivity contribution in [2.75, 3.05) is 31.7 Å². The molecule has 0 radical (unpaired) electrons. The first-order valence-corrected chi connectivity index (χ1v) is 7.66. The van der Waals surface area contributed by atoms with Gasteiger partial charge < -0.3 is 15.4 Å². The minimum Gasteiger partial charge on any atom is -0.389 e. The van der Waals surface area contributed by atoms with E-state index in [9.17, 15) is 0 Å². The van der Waals surface area contributed by atoms with Crippen molar-refractivity contribution in [3.8, 4) is 0 Å².